The Bertz CT molecular complexity index is 166. The Labute approximate surface area is 115 Å². The van der Waals surface area contributed by atoms with Crippen molar-refractivity contribution in [3.05, 3.63) is 12.2 Å². The highest BCUT2D eigenvalue weighted by atomic mass is 79.9. The minimum absolute atomic E-state index is 0.00828. The van der Waals surface area contributed by atoms with Crippen molar-refractivity contribution in [1.29, 1.82) is 0 Å². The second-order valence-corrected chi connectivity index (χ2v) is 4.72. The van der Waals surface area contributed by atoms with Crippen molar-refractivity contribution in [2.24, 2.45) is 0 Å². The highest BCUT2D eigenvalue weighted by Crippen LogP contribution is 2.10. The summed E-state index contributed by atoms with van der Waals surface area (Å²) in [5.41, 5.74) is 0. The fourth-order valence-corrected chi connectivity index (χ4v) is 1.90. The standard InChI is InChI=1S/C14H27BrO2/c1-3-16-14(17-4-2)12-10-8-6-5-7-9-11-13-15/h7,9,14H,3-6,8,10-13H2,1-2H3/b9-7-. The lowest BCUT2D eigenvalue weighted by Crippen LogP contribution is -2.17. The Morgan fingerprint density at radius 1 is 0.941 bits per heavy atom. The van der Waals surface area contributed by atoms with Crippen molar-refractivity contribution in [1.82, 2.24) is 0 Å². The molecule has 0 aromatic rings. The number of halogens is 1. The predicted molar refractivity (Wildman–Crippen MR) is 77.7 cm³/mol. The zero-order valence-corrected chi connectivity index (χ0v) is 12.9. The molecule has 0 N–H and O–H groups in total. The van der Waals surface area contributed by atoms with E-state index in [4.69, 9.17) is 9.47 Å². The molecule has 0 unspecified atom stereocenters. The van der Waals surface area contributed by atoms with Crippen LogP contribution in [0.15, 0.2) is 12.2 Å². The largest absolute Gasteiger partial charge is 0.353 e. The van der Waals surface area contributed by atoms with Crippen molar-refractivity contribution in [3.8, 4) is 0 Å². The van der Waals surface area contributed by atoms with Gasteiger partial charge < -0.3 is 9.47 Å². The Morgan fingerprint density at radius 3 is 2.18 bits per heavy atom. The summed E-state index contributed by atoms with van der Waals surface area (Å²) in [5, 5.41) is 1.06. The molecule has 17 heavy (non-hydrogen) atoms. The third-order valence-electron chi connectivity index (χ3n) is 2.46. The van der Waals surface area contributed by atoms with Gasteiger partial charge in [-0.25, -0.2) is 0 Å². The number of allylic oxidation sites excluding steroid dienone is 2. The van der Waals surface area contributed by atoms with E-state index < -0.39 is 0 Å². The Balaban J connectivity index is 3.35. The molecule has 0 radical (unpaired) electrons. The van der Waals surface area contributed by atoms with Gasteiger partial charge in [0.2, 0.25) is 0 Å². The van der Waals surface area contributed by atoms with Gasteiger partial charge in [-0.05, 0) is 46.0 Å². The van der Waals surface area contributed by atoms with Gasteiger partial charge in [-0.2, -0.15) is 0 Å². The van der Waals surface area contributed by atoms with Gasteiger partial charge in [0.15, 0.2) is 6.29 Å². The molecule has 0 atom stereocenters. The first-order valence-electron chi connectivity index (χ1n) is 6.79. The highest BCUT2D eigenvalue weighted by molar-refractivity contribution is 9.09. The molecule has 0 spiro atoms. The molecule has 0 amide bonds. The first kappa shape index (κ1) is 17.1. The summed E-state index contributed by atoms with van der Waals surface area (Å²) >= 11 is 3.41. The summed E-state index contributed by atoms with van der Waals surface area (Å²) in [6.45, 7) is 5.50. The Kier molecular flexibility index (Phi) is 14.3. The number of unbranched alkanes of at least 4 members (excludes halogenated alkanes) is 3. The smallest absolute Gasteiger partial charge is 0.157 e. The van der Waals surface area contributed by atoms with Crippen molar-refractivity contribution >= 4 is 15.9 Å². The number of alkyl halides is 1. The molecule has 0 aromatic heterocycles. The maximum absolute atomic E-state index is 5.50. The number of hydrogen-bond acceptors (Lipinski definition) is 2. The second kappa shape index (κ2) is 14.2. The fraction of sp³-hybridized carbons (Fsp3) is 0.857. The number of hydrogen-bond donors (Lipinski definition) is 0. The quantitative estimate of drug-likeness (QED) is 0.226. The molecule has 0 aliphatic rings. The van der Waals surface area contributed by atoms with Gasteiger partial charge in [0.05, 0.1) is 0 Å². The van der Waals surface area contributed by atoms with E-state index in [9.17, 15) is 0 Å². The molecule has 3 heteroatoms. The molecule has 0 aliphatic carbocycles. The molecular formula is C14H27BrO2. The van der Waals surface area contributed by atoms with E-state index in [0.29, 0.717) is 0 Å². The van der Waals surface area contributed by atoms with Crippen molar-refractivity contribution < 1.29 is 9.47 Å². The molecule has 0 rings (SSSR count). The zero-order chi connectivity index (χ0) is 12.8. The minimum Gasteiger partial charge on any atom is -0.353 e. The lowest BCUT2D eigenvalue weighted by atomic mass is 10.1. The van der Waals surface area contributed by atoms with E-state index in [1.165, 1.54) is 25.7 Å². The molecule has 0 aromatic carbocycles. The average Bonchev–Trinajstić information content (AvgIpc) is 2.33. The first-order valence-corrected chi connectivity index (χ1v) is 7.91. The van der Waals surface area contributed by atoms with E-state index in [1.54, 1.807) is 0 Å². The average molecular weight is 307 g/mol. The number of rotatable bonds is 12. The molecule has 0 heterocycles. The third kappa shape index (κ3) is 12.4. The van der Waals surface area contributed by atoms with Crippen LogP contribution in [0.25, 0.3) is 0 Å². The second-order valence-electron chi connectivity index (χ2n) is 3.93. The van der Waals surface area contributed by atoms with Gasteiger partial charge in [-0.15, -0.1) is 0 Å². The van der Waals surface area contributed by atoms with Crippen LogP contribution in [0.3, 0.4) is 0 Å². The third-order valence-corrected chi connectivity index (χ3v) is 2.92. The predicted octanol–water partition coefficient (Wildman–Crippen LogP) is 4.68. The molecule has 0 bridgehead atoms. The van der Waals surface area contributed by atoms with E-state index in [-0.39, 0.29) is 6.29 Å². The molecule has 0 saturated heterocycles. The van der Waals surface area contributed by atoms with E-state index >= 15 is 0 Å². The van der Waals surface area contributed by atoms with Crippen LogP contribution in [0.4, 0.5) is 0 Å². The normalized spacial score (nSPS) is 11.8. The Morgan fingerprint density at radius 2 is 1.59 bits per heavy atom. The topological polar surface area (TPSA) is 18.5 Å². The molecule has 0 aliphatic heterocycles. The van der Waals surface area contributed by atoms with Gasteiger partial charge in [0.1, 0.15) is 0 Å². The van der Waals surface area contributed by atoms with Crippen LogP contribution in [0.5, 0.6) is 0 Å². The highest BCUT2D eigenvalue weighted by Gasteiger charge is 2.06. The van der Waals surface area contributed by atoms with E-state index in [1.807, 2.05) is 13.8 Å². The van der Waals surface area contributed by atoms with Crippen LogP contribution in [0.2, 0.25) is 0 Å². The van der Waals surface area contributed by atoms with E-state index in [0.717, 1.165) is 31.4 Å². The lowest BCUT2D eigenvalue weighted by molar-refractivity contribution is -0.140. The first-order chi connectivity index (χ1) is 8.35. The van der Waals surface area contributed by atoms with Crippen molar-refractivity contribution in [2.45, 2.75) is 58.7 Å². The van der Waals surface area contributed by atoms with Crippen LogP contribution in [-0.4, -0.2) is 24.8 Å². The van der Waals surface area contributed by atoms with Crippen LogP contribution < -0.4 is 0 Å². The lowest BCUT2D eigenvalue weighted by Gasteiger charge is -2.16. The zero-order valence-electron chi connectivity index (χ0n) is 11.3. The SMILES string of the molecule is CCOC(CCCCC/C=C\CCBr)OCC. The van der Waals surface area contributed by atoms with Crippen LogP contribution in [-0.2, 0) is 9.47 Å². The van der Waals surface area contributed by atoms with Crippen molar-refractivity contribution in [2.75, 3.05) is 18.5 Å². The summed E-state index contributed by atoms with van der Waals surface area (Å²) in [5.74, 6) is 0. The van der Waals surface area contributed by atoms with Gasteiger partial charge in [-0.3, -0.25) is 0 Å². The van der Waals surface area contributed by atoms with Gasteiger partial charge in [0.25, 0.3) is 0 Å². The molecule has 102 valence electrons. The van der Waals surface area contributed by atoms with Gasteiger partial charge >= 0.3 is 0 Å². The van der Waals surface area contributed by atoms with E-state index in [2.05, 4.69) is 28.1 Å². The van der Waals surface area contributed by atoms with Gasteiger partial charge in [0, 0.05) is 18.5 Å². The van der Waals surface area contributed by atoms with Crippen LogP contribution in [0.1, 0.15) is 52.4 Å². The maximum atomic E-state index is 5.50. The summed E-state index contributed by atoms with van der Waals surface area (Å²) in [4.78, 5) is 0. The van der Waals surface area contributed by atoms with Crippen LogP contribution >= 0.6 is 15.9 Å². The maximum Gasteiger partial charge on any atom is 0.157 e. The summed E-state index contributed by atoms with van der Waals surface area (Å²) < 4.78 is 11.0. The molecule has 2 nitrogen and oxygen atoms in total. The number of ether oxygens (including phenoxy) is 2. The summed E-state index contributed by atoms with van der Waals surface area (Å²) in [6, 6.07) is 0. The van der Waals surface area contributed by atoms with Crippen LogP contribution in [0, 0.1) is 0 Å². The van der Waals surface area contributed by atoms with Gasteiger partial charge in [-0.1, -0.05) is 34.5 Å². The minimum atomic E-state index is 0.00828. The van der Waals surface area contributed by atoms with Crippen molar-refractivity contribution in [3.63, 3.8) is 0 Å². The fourth-order valence-electron chi connectivity index (χ4n) is 1.64. The monoisotopic (exact) mass is 306 g/mol. The molecular weight excluding hydrogens is 280 g/mol. The summed E-state index contributed by atoms with van der Waals surface area (Å²) in [7, 11) is 0. The summed E-state index contributed by atoms with van der Waals surface area (Å²) in [6.07, 6.45) is 11.6. The molecule has 0 fully saturated rings. The Hall–Kier alpha value is 0.140. The molecule has 0 saturated carbocycles.